The maximum absolute atomic E-state index is 13.0. The molecule has 7 heteroatoms. The van der Waals surface area contributed by atoms with E-state index in [1.807, 2.05) is 0 Å². The fourth-order valence-corrected chi connectivity index (χ4v) is 4.50. The van der Waals surface area contributed by atoms with E-state index in [4.69, 9.17) is 11.6 Å². The van der Waals surface area contributed by atoms with E-state index in [9.17, 15) is 18.3 Å². The van der Waals surface area contributed by atoms with Gasteiger partial charge in [-0.3, -0.25) is 0 Å². The van der Waals surface area contributed by atoms with Crippen LogP contribution in [0.5, 0.6) is 0 Å². The minimum absolute atomic E-state index is 0.00900. The molecule has 0 saturated carbocycles. The molecule has 1 N–H and O–H groups in total. The third-order valence-electron chi connectivity index (χ3n) is 4.33. The zero-order chi connectivity index (χ0) is 19.6. The number of rotatable bonds is 13. The summed E-state index contributed by atoms with van der Waals surface area (Å²) >= 11 is 5.87. The molecule has 0 heterocycles. The zero-order valence-electron chi connectivity index (χ0n) is 15.7. The van der Waals surface area contributed by atoms with Gasteiger partial charge in [0, 0.05) is 13.1 Å². The van der Waals surface area contributed by atoms with Crippen molar-refractivity contribution in [3.8, 4) is 0 Å². The van der Waals surface area contributed by atoms with Gasteiger partial charge in [0.25, 0.3) is 0 Å². The molecule has 148 valence electrons. The smallest absolute Gasteiger partial charge is 0.337 e. The van der Waals surface area contributed by atoms with Gasteiger partial charge in [0.15, 0.2) is 0 Å². The summed E-state index contributed by atoms with van der Waals surface area (Å²) in [4.78, 5) is 11.3. The van der Waals surface area contributed by atoms with Crippen LogP contribution in [0.25, 0.3) is 0 Å². The Morgan fingerprint density at radius 2 is 1.54 bits per heavy atom. The predicted molar refractivity (Wildman–Crippen MR) is 105 cm³/mol. The van der Waals surface area contributed by atoms with Crippen molar-refractivity contribution >= 4 is 27.6 Å². The summed E-state index contributed by atoms with van der Waals surface area (Å²) in [5.74, 6) is -1.23. The Balaban J connectivity index is 3.00. The number of hydrogen-bond acceptors (Lipinski definition) is 3. The fourth-order valence-electron chi connectivity index (χ4n) is 2.76. The van der Waals surface area contributed by atoms with Crippen LogP contribution in [0.15, 0.2) is 23.1 Å². The van der Waals surface area contributed by atoms with Gasteiger partial charge in [0.2, 0.25) is 10.0 Å². The largest absolute Gasteiger partial charge is 0.478 e. The molecular formula is C19H30ClNO4S. The lowest BCUT2D eigenvalue weighted by Crippen LogP contribution is -2.33. The van der Waals surface area contributed by atoms with Crippen molar-refractivity contribution < 1.29 is 18.3 Å². The summed E-state index contributed by atoms with van der Waals surface area (Å²) < 4.78 is 27.6. The van der Waals surface area contributed by atoms with Gasteiger partial charge in [0.05, 0.1) is 15.5 Å². The normalized spacial score (nSPS) is 11.8. The summed E-state index contributed by atoms with van der Waals surface area (Å²) in [6.45, 7) is 5.14. The number of benzene rings is 1. The number of nitrogens with zero attached hydrogens (tertiary/aromatic N) is 1. The topological polar surface area (TPSA) is 74.7 Å². The summed E-state index contributed by atoms with van der Waals surface area (Å²) in [7, 11) is -3.74. The number of carbonyl (C=O) groups is 1. The van der Waals surface area contributed by atoms with Gasteiger partial charge in [-0.1, -0.05) is 64.0 Å². The average Bonchev–Trinajstić information content (AvgIpc) is 2.60. The van der Waals surface area contributed by atoms with Crippen molar-refractivity contribution in [2.45, 2.75) is 70.1 Å². The molecular weight excluding hydrogens is 374 g/mol. The van der Waals surface area contributed by atoms with E-state index in [2.05, 4.69) is 13.8 Å². The Hall–Kier alpha value is -1.11. The third-order valence-corrected chi connectivity index (χ3v) is 6.55. The first kappa shape index (κ1) is 22.9. The molecule has 0 amide bonds. The zero-order valence-corrected chi connectivity index (χ0v) is 17.3. The molecule has 0 bridgehead atoms. The lowest BCUT2D eigenvalue weighted by molar-refractivity contribution is 0.0697. The van der Waals surface area contributed by atoms with Crippen LogP contribution in [0.1, 0.15) is 75.6 Å². The molecule has 0 aliphatic rings. The van der Waals surface area contributed by atoms with Gasteiger partial charge < -0.3 is 5.11 Å². The van der Waals surface area contributed by atoms with E-state index in [1.54, 1.807) is 0 Å². The number of unbranched alkanes of at least 4 members (excludes halogenated alkanes) is 6. The summed E-state index contributed by atoms with van der Waals surface area (Å²) in [6.07, 6.45) is 7.91. The van der Waals surface area contributed by atoms with Crippen LogP contribution < -0.4 is 0 Å². The molecule has 0 saturated heterocycles. The van der Waals surface area contributed by atoms with Crippen LogP contribution in [0.2, 0.25) is 5.02 Å². The van der Waals surface area contributed by atoms with Gasteiger partial charge in [-0.05, 0) is 31.0 Å². The van der Waals surface area contributed by atoms with E-state index < -0.39 is 16.0 Å². The highest BCUT2D eigenvalue weighted by Gasteiger charge is 2.25. The highest BCUT2D eigenvalue weighted by molar-refractivity contribution is 7.89. The highest BCUT2D eigenvalue weighted by atomic mass is 35.5. The minimum Gasteiger partial charge on any atom is -0.478 e. The number of halogens is 1. The Bertz CT molecular complexity index is 664. The lowest BCUT2D eigenvalue weighted by Gasteiger charge is -2.22. The van der Waals surface area contributed by atoms with Crippen LogP contribution in [-0.4, -0.2) is 36.9 Å². The first-order valence-electron chi connectivity index (χ1n) is 9.37. The van der Waals surface area contributed by atoms with E-state index in [1.165, 1.54) is 16.4 Å². The molecule has 26 heavy (non-hydrogen) atoms. The predicted octanol–water partition coefficient (Wildman–Crippen LogP) is 5.19. The Kier molecular flexibility index (Phi) is 10.2. The van der Waals surface area contributed by atoms with Crippen molar-refractivity contribution in [1.29, 1.82) is 0 Å². The molecule has 0 fully saturated rings. The van der Waals surface area contributed by atoms with Gasteiger partial charge in [-0.2, -0.15) is 4.31 Å². The number of aromatic carboxylic acids is 1. The number of hydrogen-bond donors (Lipinski definition) is 1. The molecule has 0 radical (unpaired) electrons. The molecule has 0 aliphatic carbocycles. The van der Waals surface area contributed by atoms with Gasteiger partial charge >= 0.3 is 5.97 Å². The van der Waals surface area contributed by atoms with Crippen molar-refractivity contribution in [2.75, 3.05) is 13.1 Å². The van der Waals surface area contributed by atoms with Gasteiger partial charge in [-0.25, -0.2) is 13.2 Å². The summed E-state index contributed by atoms with van der Waals surface area (Å²) in [6, 6.07) is 3.88. The second-order valence-electron chi connectivity index (χ2n) is 6.47. The molecule has 5 nitrogen and oxygen atoms in total. The molecule has 0 aliphatic heterocycles. The van der Waals surface area contributed by atoms with Crippen LogP contribution >= 0.6 is 11.6 Å². The average molecular weight is 404 g/mol. The molecule has 1 rings (SSSR count). The maximum Gasteiger partial charge on any atom is 0.337 e. The van der Waals surface area contributed by atoms with E-state index in [0.717, 1.165) is 57.4 Å². The van der Waals surface area contributed by atoms with Crippen molar-refractivity contribution in [3.05, 3.63) is 28.8 Å². The second kappa shape index (κ2) is 11.6. The maximum atomic E-state index is 13.0. The number of sulfonamides is 1. The van der Waals surface area contributed by atoms with Crippen molar-refractivity contribution in [3.63, 3.8) is 0 Å². The lowest BCUT2D eigenvalue weighted by atomic mass is 10.2. The van der Waals surface area contributed by atoms with Gasteiger partial charge in [0.1, 0.15) is 0 Å². The number of carboxylic acid groups (broad SMARTS) is 1. The van der Waals surface area contributed by atoms with Gasteiger partial charge in [-0.15, -0.1) is 0 Å². The Morgan fingerprint density at radius 3 is 2.00 bits per heavy atom. The van der Waals surface area contributed by atoms with Crippen LogP contribution in [-0.2, 0) is 10.0 Å². The minimum atomic E-state index is -3.74. The van der Waals surface area contributed by atoms with E-state index in [-0.39, 0.29) is 15.5 Å². The van der Waals surface area contributed by atoms with Crippen LogP contribution in [0.3, 0.4) is 0 Å². The van der Waals surface area contributed by atoms with E-state index >= 15 is 0 Å². The van der Waals surface area contributed by atoms with Crippen molar-refractivity contribution in [2.24, 2.45) is 0 Å². The third kappa shape index (κ3) is 6.89. The van der Waals surface area contributed by atoms with E-state index in [0.29, 0.717) is 13.1 Å². The molecule has 0 aromatic heterocycles. The van der Waals surface area contributed by atoms with Crippen LogP contribution in [0, 0.1) is 0 Å². The summed E-state index contributed by atoms with van der Waals surface area (Å²) in [5.41, 5.74) is -0.190. The molecule has 0 atom stereocenters. The van der Waals surface area contributed by atoms with Crippen molar-refractivity contribution in [1.82, 2.24) is 4.31 Å². The quantitative estimate of drug-likeness (QED) is 0.460. The molecule has 0 spiro atoms. The molecule has 0 unspecified atom stereocenters. The first-order chi connectivity index (χ1) is 12.3. The standard InChI is InChI=1S/C19H30ClNO4S/c1-3-5-7-9-13-21(14-10-8-6-4-2)26(24,25)16-11-12-18(20)17(15-16)19(22)23/h11-12,15H,3-10,13-14H2,1-2H3,(H,22,23). The molecule has 1 aromatic rings. The Morgan fingerprint density at radius 1 is 1.00 bits per heavy atom. The molecule has 1 aromatic carbocycles. The SMILES string of the molecule is CCCCCCN(CCCCCC)S(=O)(=O)c1ccc(Cl)c(C(=O)O)c1. The Labute approximate surface area is 162 Å². The van der Waals surface area contributed by atoms with Crippen LogP contribution in [0.4, 0.5) is 0 Å². The second-order valence-corrected chi connectivity index (χ2v) is 8.82. The monoisotopic (exact) mass is 403 g/mol. The fraction of sp³-hybridized carbons (Fsp3) is 0.632. The first-order valence-corrected chi connectivity index (χ1v) is 11.2. The highest BCUT2D eigenvalue weighted by Crippen LogP contribution is 2.24. The number of carboxylic acids is 1. The summed E-state index contributed by atoms with van der Waals surface area (Å²) in [5, 5.41) is 9.24.